The predicted molar refractivity (Wildman–Crippen MR) is 119 cm³/mol. The molecule has 154 valence electrons. The number of aryl methyl sites for hydroxylation is 2. The molecule has 0 radical (unpaired) electrons. The molecule has 6 nitrogen and oxygen atoms in total. The molecule has 2 unspecified atom stereocenters. The maximum Gasteiger partial charge on any atom is 0.191 e. The summed E-state index contributed by atoms with van der Waals surface area (Å²) in [7, 11) is 1.82. The van der Waals surface area contributed by atoms with Gasteiger partial charge in [-0.3, -0.25) is 9.89 Å². The summed E-state index contributed by atoms with van der Waals surface area (Å²) in [5.41, 5.74) is 1.14. The Morgan fingerprint density at radius 3 is 2.93 bits per heavy atom. The number of guanidine groups is 1. The number of aliphatic imine (C=N–C) groups is 1. The van der Waals surface area contributed by atoms with Gasteiger partial charge in [0.25, 0.3) is 0 Å². The molecule has 8 heteroatoms. The molecule has 3 heterocycles. The molecule has 0 amide bonds. The first-order valence-corrected chi connectivity index (χ1v) is 11.5. The van der Waals surface area contributed by atoms with E-state index >= 15 is 0 Å². The van der Waals surface area contributed by atoms with E-state index in [1.165, 1.54) is 14.8 Å². The summed E-state index contributed by atoms with van der Waals surface area (Å²) >= 11 is 3.59. The Kier molecular flexibility index (Phi) is 7.84. The number of morpholine rings is 1. The average Bonchev–Trinajstić information content (AvgIpc) is 3.31. The Morgan fingerprint density at radius 2 is 2.29 bits per heavy atom. The molecule has 1 saturated heterocycles. The van der Waals surface area contributed by atoms with Gasteiger partial charge in [-0.15, -0.1) is 22.7 Å². The Labute approximate surface area is 176 Å². The number of rotatable bonds is 7. The van der Waals surface area contributed by atoms with Crippen molar-refractivity contribution in [3.8, 4) is 0 Å². The van der Waals surface area contributed by atoms with Crippen LogP contribution in [-0.2, 0) is 11.2 Å². The molecule has 1 aliphatic rings. The number of thiophene rings is 1. The molecule has 2 aromatic rings. The van der Waals surface area contributed by atoms with Crippen molar-refractivity contribution >= 4 is 28.6 Å². The fourth-order valence-corrected chi connectivity index (χ4v) is 5.16. The van der Waals surface area contributed by atoms with Gasteiger partial charge in [-0.25, -0.2) is 4.98 Å². The number of hydrogen-bond donors (Lipinski definition) is 2. The van der Waals surface area contributed by atoms with Crippen LogP contribution in [0.25, 0.3) is 0 Å². The van der Waals surface area contributed by atoms with Crippen molar-refractivity contribution in [2.45, 2.75) is 39.3 Å². The molecule has 0 saturated carbocycles. The monoisotopic (exact) mass is 421 g/mol. The second kappa shape index (κ2) is 10.3. The minimum absolute atomic E-state index is 0.277. The first-order valence-electron chi connectivity index (χ1n) is 9.83. The van der Waals surface area contributed by atoms with Crippen molar-refractivity contribution < 1.29 is 4.74 Å². The summed E-state index contributed by atoms with van der Waals surface area (Å²) in [5.74, 6) is 0.841. The average molecular weight is 422 g/mol. The van der Waals surface area contributed by atoms with Gasteiger partial charge in [0.15, 0.2) is 5.96 Å². The van der Waals surface area contributed by atoms with Crippen molar-refractivity contribution in [3.63, 3.8) is 0 Å². The van der Waals surface area contributed by atoms with Gasteiger partial charge in [0, 0.05) is 49.4 Å². The van der Waals surface area contributed by atoms with Crippen molar-refractivity contribution in [2.75, 3.05) is 39.8 Å². The number of nitrogens with one attached hydrogen (secondary N) is 2. The minimum Gasteiger partial charge on any atom is -0.376 e. The number of hydrogen-bond acceptors (Lipinski definition) is 6. The normalized spacial score (nSPS) is 19.6. The lowest BCUT2D eigenvalue weighted by Gasteiger charge is -2.37. The second-order valence-corrected chi connectivity index (χ2v) is 9.35. The standard InChI is InChI=1S/C20H31N5OS2/c1-14-13-25(9-10-26-14)17(18-6-5-11-27-18)12-23-20(21-4)22-8-7-19-24-15(2)16(3)28-19/h5-6,11,14,17H,7-10,12-13H2,1-4H3,(H2,21,22,23). The van der Waals surface area contributed by atoms with Crippen LogP contribution in [0.1, 0.15) is 33.4 Å². The van der Waals surface area contributed by atoms with Gasteiger partial charge >= 0.3 is 0 Å². The third kappa shape index (κ3) is 5.76. The smallest absolute Gasteiger partial charge is 0.191 e. The van der Waals surface area contributed by atoms with Crippen molar-refractivity contribution in [1.82, 2.24) is 20.5 Å². The highest BCUT2D eigenvalue weighted by Crippen LogP contribution is 2.26. The van der Waals surface area contributed by atoms with Crippen LogP contribution in [0, 0.1) is 13.8 Å². The lowest BCUT2D eigenvalue weighted by Crippen LogP contribution is -2.48. The molecular weight excluding hydrogens is 390 g/mol. The van der Waals surface area contributed by atoms with Gasteiger partial charge in [-0.2, -0.15) is 0 Å². The first-order chi connectivity index (χ1) is 13.6. The van der Waals surface area contributed by atoms with E-state index in [0.29, 0.717) is 6.04 Å². The van der Waals surface area contributed by atoms with Gasteiger partial charge in [0.1, 0.15) is 0 Å². The van der Waals surface area contributed by atoms with Gasteiger partial charge in [-0.1, -0.05) is 6.07 Å². The van der Waals surface area contributed by atoms with Crippen LogP contribution < -0.4 is 10.6 Å². The zero-order chi connectivity index (χ0) is 19.9. The van der Waals surface area contributed by atoms with Crippen LogP contribution in [0.2, 0.25) is 0 Å². The lowest BCUT2D eigenvalue weighted by atomic mass is 10.1. The molecule has 0 spiro atoms. The van der Waals surface area contributed by atoms with E-state index in [4.69, 9.17) is 4.74 Å². The molecule has 28 heavy (non-hydrogen) atoms. The van der Waals surface area contributed by atoms with Crippen LogP contribution in [0.15, 0.2) is 22.5 Å². The topological polar surface area (TPSA) is 61.8 Å². The maximum atomic E-state index is 5.73. The highest BCUT2D eigenvalue weighted by molar-refractivity contribution is 7.11. The molecule has 0 aromatic carbocycles. The molecule has 2 atom stereocenters. The zero-order valence-electron chi connectivity index (χ0n) is 17.2. The maximum absolute atomic E-state index is 5.73. The quantitative estimate of drug-likeness (QED) is 0.532. The molecule has 2 N–H and O–H groups in total. The SMILES string of the molecule is CN=C(NCCc1nc(C)c(C)s1)NCC(c1cccs1)N1CCOC(C)C1. The zero-order valence-corrected chi connectivity index (χ0v) is 18.8. The van der Waals surface area contributed by atoms with Crippen molar-refractivity contribution in [3.05, 3.63) is 38.0 Å². The molecular formula is C20H31N5OS2. The molecule has 1 aliphatic heterocycles. The van der Waals surface area contributed by atoms with Gasteiger partial charge in [0.2, 0.25) is 0 Å². The Balaban J connectivity index is 1.53. The van der Waals surface area contributed by atoms with E-state index in [2.05, 4.69) is 63.8 Å². The summed E-state index contributed by atoms with van der Waals surface area (Å²) in [4.78, 5) is 14.2. The Hall–Kier alpha value is -1.48. The Bertz CT molecular complexity index is 739. The second-order valence-electron chi connectivity index (χ2n) is 7.09. The highest BCUT2D eigenvalue weighted by atomic mass is 32.1. The Morgan fingerprint density at radius 1 is 1.43 bits per heavy atom. The van der Waals surface area contributed by atoms with E-state index in [9.17, 15) is 0 Å². The summed E-state index contributed by atoms with van der Waals surface area (Å²) in [6.07, 6.45) is 1.19. The number of ether oxygens (including phenoxy) is 1. The van der Waals surface area contributed by atoms with Crippen LogP contribution in [0.4, 0.5) is 0 Å². The molecule has 0 bridgehead atoms. The van der Waals surface area contributed by atoms with E-state index in [-0.39, 0.29) is 6.10 Å². The number of aromatic nitrogens is 1. The third-order valence-electron chi connectivity index (χ3n) is 4.98. The number of thiazole rings is 1. The van der Waals surface area contributed by atoms with Crippen LogP contribution in [-0.4, -0.2) is 61.8 Å². The van der Waals surface area contributed by atoms with E-state index in [0.717, 1.165) is 50.9 Å². The third-order valence-corrected chi connectivity index (χ3v) is 7.08. The van der Waals surface area contributed by atoms with E-state index < -0.39 is 0 Å². The first kappa shape index (κ1) is 21.2. The van der Waals surface area contributed by atoms with E-state index in [1.54, 1.807) is 11.3 Å². The highest BCUT2D eigenvalue weighted by Gasteiger charge is 2.26. The fourth-order valence-electron chi connectivity index (χ4n) is 3.37. The van der Waals surface area contributed by atoms with Crippen molar-refractivity contribution in [1.29, 1.82) is 0 Å². The minimum atomic E-state index is 0.277. The van der Waals surface area contributed by atoms with Crippen LogP contribution >= 0.6 is 22.7 Å². The fraction of sp³-hybridized carbons (Fsp3) is 0.600. The summed E-state index contributed by atoms with van der Waals surface area (Å²) in [6.45, 7) is 10.7. The molecule has 0 aliphatic carbocycles. The van der Waals surface area contributed by atoms with Gasteiger partial charge in [-0.05, 0) is 32.2 Å². The summed E-state index contributed by atoms with van der Waals surface area (Å²) < 4.78 is 5.73. The predicted octanol–water partition coefficient (Wildman–Crippen LogP) is 2.99. The number of nitrogens with zero attached hydrogens (tertiary/aromatic N) is 3. The van der Waals surface area contributed by atoms with Crippen LogP contribution in [0.5, 0.6) is 0 Å². The van der Waals surface area contributed by atoms with Gasteiger partial charge < -0.3 is 15.4 Å². The lowest BCUT2D eigenvalue weighted by molar-refractivity contribution is -0.0334. The largest absolute Gasteiger partial charge is 0.376 e. The molecule has 3 rings (SSSR count). The van der Waals surface area contributed by atoms with E-state index in [1.807, 2.05) is 18.4 Å². The van der Waals surface area contributed by atoms with Crippen LogP contribution in [0.3, 0.4) is 0 Å². The summed E-state index contributed by atoms with van der Waals surface area (Å²) in [5, 5.41) is 10.3. The summed E-state index contributed by atoms with van der Waals surface area (Å²) in [6, 6.07) is 4.68. The molecule has 2 aromatic heterocycles. The van der Waals surface area contributed by atoms with Gasteiger partial charge in [0.05, 0.1) is 29.5 Å². The molecule has 1 fully saturated rings. The van der Waals surface area contributed by atoms with Crippen molar-refractivity contribution in [2.24, 2.45) is 4.99 Å².